The summed E-state index contributed by atoms with van der Waals surface area (Å²) in [6.45, 7) is 2.91. The summed E-state index contributed by atoms with van der Waals surface area (Å²) in [5.41, 5.74) is 1.97. The van der Waals surface area contributed by atoms with E-state index in [9.17, 15) is 15.2 Å². The first-order valence-electron chi connectivity index (χ1n) is 5.93. The number of aromatic nitrogens is 2. The molecule has 1 aromatic rings. The van der Waals surface area contributed by atoms with Crippen molar-refractivity contribution in [2.24, 2.45) is 11.8 Å². The number of aliphatic hydroxyl groups is 1. The minimum absolute atomic E-state index is 0.0197. The highest BCUT2D eigenvalue weighted by Gasteiger charge is 2.31. The van der Waals surface area contributed by atoms with Crippen LogP contribution in [0, 0.1) is 16.0 Å². The van der Waals surface area contributed by atoms with Crippen molar-refractivity contribution >= 4 is 17.3 Å². The Bertz CT molecular complexity index is 482. The van der Waals surface area contributed by atoms with Crippen LogP contribution in [0.1, 0.15) is 13.3 Å². The number of nitrogen functional groups attached to an aromatic ring is 1. The topological polar surface area (TPSA) is 130 Å². The Morgan fingerprint density at radius 2 is 2.37 bits per heavy atom. The molecular formula is C10H16N6O3. The molecule has 1 aliphatic rings. The summed E-state index contributed by atoms with van der Waals surface area (Å²) in [6, 6.07) is 0. The molecule has 1 aromatic heterocycles. The molecule has 0 aliphatic carbocycles. The van der Waals surface area contributed by atoms with Crippen molar-refractivity contribution in [2.45, 2.75) is 19.4 Å². The van der Waals surface area contributed by atoms with E-state index in [1.807, 2.05) is 6.92 Å². The van der Waals surface area contributed by atoms with Gasteiger partial charge < -0.3 is 15.4 Å². The van der Waals surface area contributed by atoms with Crippen LogP contribution < -0.4 is 16.2 Å². The second kappa shape index (κ2) is 5.33. The van der Waals surface area contributed by atoms with Crippen LogP contribution in [0.3, 0.4) is 0 Å². The zero-order chi connectivity index (χ0) is 14.0. The first kappa shape index (κ1) is 13.4. The quantitative estimate of drug-likeness (QED) is 0.393. The third kappa shape index (κ3) is 2.56. The third-order valence-corrected chi connectivity index (χ3v) is 3.28. The monoisotopic (exact) mass is 268 g/mol. The SMILES string of the molecule is CC1CN(c2ncnc(NN)c2[N+](=O)[O-])CCC1O. The largest absolute Gasteiger partial charge is 0.393 e. The second-order valence-corrected chi connectivity index (χ2v) is 4.58. The Morgan fingerprint density at radius 1 is 1.63 bits per heavy atom. The predicted octanol–water partition coefficient (Wildman–Crippen LogP) is -0.123. The van der Waals surface area contributed by atoms with Gasteiger partial charge in [-0.05, 0) is 12.3 Å². The fraction of sp³-hybridized carbons (Fsp3) is 0.600. The van der Waals surface area contributed by atoms with E-state index in [0.717, 1.165) is 0 Å². The summed E-state index contributed by atoms with van der Waals surface area (Å²) >= 11 is 0. The van der Waals surface area contributed by atoms with Crippen molar-refractivity contribution in [1.82, 2.24) is 9.97 Å². The van der Waals surface area contributed by atoms with Crippen molar-refractivity contribution in [3.8, 4) is 0 Å². The van der Waals surface area contributed by atoms with Gasteiger partial charge in [-0.1, -0.05) is 6.92 Å². The van der Waals surface area contributed by atoms with E-state index in [0.29, 0.717) is 19.5 Å². The number of hydrazine groups is 1. The predicted molar refractivity (Wildman–Crippen MR) is 68.5 cm³/mol. The number of hydrogen-bond donors (Lipinski definition) is 3. The van der Waals surface area contributed by atoms with Gasteiger partial charge in [-0.2, -0.15) is 0 Å². The molecule has 0 amide bonds. The molecule has 2 rings (SSSR count). The molecule has 9 nitrogen and oxygen atoms in total. The summed E-state index contributed by atoms with van der Waals surface area (Å²) < 4.78 is 0. The Morgan fingerprint density at radius 3 is 2.95 bits per heavy atom. The van der Waals surface area contributed by atoms with Crippen molar-refractivity contribution in [2.75, 3.05) is 23.4 Å². The molecule has 0 aromatic carbocycles. The van der Waals surface area contributed by atoms with Crippen LogP contribution in [-0.4, -0.2) is 39.2 Å². The Kier molecular flexibility index (Phi) is 3.76. The van der Waals surface area contributed by atoms with Crippen molar-refractivity contribution < 1.29 is 10.0 Å². The van der Waals surface area contributed by atoms with Crippen LogP contribution in [0.25, 0.3) is 0 Å². The summed E-state index contributed by atoms with van der Waals surface area (Å²) in [6.07, 6.45) is 1.39. The van der Waals surface area contributed by atoms with Gasteiger partial charge in [0.25, 0.3) is 0 Å². The van der Waals surface area contributed by atoms with Crippen molar-refractivity contribution in [3.05, 3.63) is 16.4 Å². The number of nitrogens with two attached hydrogens (primary N) is 1. The van der Waals surface area contributed by atoms with E-state index in [2.05, 4.69) is 15.4 Å². The van der Waals surface area contributed by atoms with Crippen LogP contribution in [0.4, 0.5) is 17.3 Å². The van der Waals surface area contributed by atoms with Gasteiger partial charge in [-0.15, -0.1) is 0 Å². The number of rotatable bonds is 3. The minimum atomic E-state index is -0.555. The average molecular weight is 268 g/mol. The van der Waals surface area contributed by atoms with Gasteiger partial charge in [0, 0.05) is 13.1 Å². The van der Waals surface area contributed by atoms with Gasteiger partial charge >= 0.3 is 5.69 Å². The molecule has 2 unspecified atom stereocenters. The second-order valence-electron chi connectivity index (χ2n) is 4.58. The first-order valence-corrected chi connectivity index (χ1v) is 5.93. The van der Waals surface area contributed by atoms with Crippen LogP contribution in [0.2, 0.25) is 0 Å². The minimum Gasteiger partial charge on any atom is -0.393 e. The number of piperidine rings is 1. The molecule has 1 fully saturated rings. The van der Waals surface area contributed by atoms with Crippen molar-refractivity contribution in [3.63, 3.8) is 0 Å². The number of aliphatic hydroxyl groups excluding tert-OH is 1. The highest BCUT2D eigenvalue weighted by atomic mass is 16.6. The normalized spacial score (nSPS) is 23.2. The zero-order valence-corrected chi connectivity index (χ0v) is 10.5. The smallest absolute Gasteiger partial charge is 0.354 e. The Balaban J connectivity index is 2.37. The molecule has 2 heterocycles. The lowest BCUT2D eigenvalue weighted by molar-refractivity contribution is -0.383. The summed E-state index contributed by atoms with van der Waals surface area (Å²) in [5.74, 6) is 5.47. The van der Waals surface area contributed by atoms with Crippen LogP contribution in [0.15, 0.2) is 6.33 Å². The van der Waals surface area contributed by atoms with E-state index in [-0.39, 0.29) is 29.3 Å². The maximum atomic E-state index is 11.1. The first-order chi connectivity index (χ1) is 9.04. The van der Waals surface area contributed by atoms with Gasteiger partial charge in [0.15, 0.2) is 0 Å². The number of anilines is 2. The number of hydrogen-bond acceptors (Lipinski definition) is 8. The fourth-order valence-electron chi connectivity index (χ4n) is 2.20. The molecule has 0 bridgehead atoms. The lowest BCUT2D eigenvalue weighted by atomic mass is 9.97. The summed E-state index contributed by atoms with van der Waals surface area (Å²) in [4.78, 5) is 20.1. The molecule has 0 saturated carbocycles. The molecular weight excluding hydrogens is 252 g/mol. The molecule has 1 aliphatic heterocycles. The molecule has 19 heavy (non-hydrogen) atoms. The molecule has 9 heteroatoms. The van der Waals surface area contributed by atoms with Crippen molar-refractivity contribution in [1.29, 1.82) is 0 Å². The van der Waals surface area contributed by atoms with Gasteiger partial charge in [-0.25, -0.2) is 15.8 Å². The van der Waals surface area contributed by atoms with Gasteiger partial charge in [0.1, 0.15) is 6.33 Å². The fourth-order valence-corrected chi connectivity index (χ4v) is 2.20. The lowest BCUT2D eigenvalue weighted by Gasteiger charge is -2.34. The Labute approximate surface area is 109 Å². The summed E-state index contributed by atoms with van der Waals surface area (Å²) in [5, 5.41) is 20.8. The molecule has 4 N–H and O–H groups in total. The van der Waals surface area contributed by atoms with Crippen LogP contribution >= 0.6 is 0 Å². The van der Waals surface area contributed by atoms with E-state index >= 15 is 0 Å². The van der Waals surface area contributed by atoms with Gasteiger partial charge in [0.05, 0.1) is 11.0 Å². The standard InChI is InChI=1S/C10H16N6O3/c1-6-4-15(3-2-7(6)17)10-8(16(18)19)9(14-11)12-5-13-10/h5-7,17H,2-4,11H2,1H3,(H,12,13,14). The summed E-state index contributed by atoms with van der Waals surface area (Å²) in [7, 11) is 0. The molecule has 0 spiro atoms. The van der Waals surface area contributed by atoms with Gasteiger partial charge in [0.2, 0.25) is 11.6 Å². The Hall–Kier alpha value is -2.00. The molecule has 2 atom stereocenters. The van der Waals surface area contributed by atoms with E-state index in [1.165, 1.54) is 6.33 Å². The number of nitro groups is 1. The average Bonchev–Trinajstić information content (AvgIpc) is 2.40. The third-order valence-electron chi connectivity index (χ3n) is 3.28. The lowest BCUT2D eigenvalue weighted by Crippen LogP contribution is -2.42. The maximum absolute atomic E-state index is 11.1. The highest BCUT2D eigenvalue weighted by Crippen LogP contribution is 2.33. The number of nitrogens with one attached hydrogen (secondary N) is 1. The van der Waals surface area contributed by atoms with E-state index < -0.39 is 4.92 Å². The molecule has 1 saturated heterocycles. The highest BCUT2D eigenvalue weighted by molar-refractivity contribution is 5.70. The van der Waals surface area contributed by atoms with Crippen LogP contribution in [-0.2, 0) is 0 Å². The van der Waals surface area contributed by atoms with Crippen LogP contribution in [0.5, 0.6) is 0 Å². The van der Waals surface area contributed by atoms with Gasteiger partial charge in [-0.3, -0.25) is 10.1 Å². The van der Waals surface area contributed by atoms with E-state index in [1.54, 1.807) is 4.90 Å². The van der Waals surface area contributed by atoms with E-state index in [4.69, 9.17) is 5.84 Å². The molecule has 0 radical (unpaired) electrons. The molecule has 104 valence electrons. The maximum Gasteiger partial charge on any atom is 0.354 e. The number of nitrogens with zero attached hydrogens (tertiary/aromatic N) is 4. The zero-order valence-electron chi connectivity index (χ0n) is 10.5.